The van der Waals surface area contributed by atoms with Gasteiger partial charge in [-0.1, -0.05) is 0 Å². The molecule has 0 saturated heterocycles. The molecule has 1 atom stereocenters. The summed E-state index contributed by atoms with van der Waals surface area (Å²) in [5.41, 5.74) is 10.1. The van der Waals surface area contributed by atoms with E-state index in [4.69, 9.17) is 5.73 Å². The van der Waals surface area contributed by atoms with E-state index in [1.54, 1.807) is 22.7 Å². The van der Waals surface area contributed by atoms with Gasteiger partial charge in [0.25, 0.3) is 0 Å². The van der Waals surface area contributed by atoms with Gasteiger partial charge in [0.1, 0.15) is 0 Å². The molecule has 2 aromatic rings. The number of thiazole rings is 1. The lowest BCUT2D eigenvalue weighted by molar-refractivity contribution is 0.836. The van der Waals surface area contributed by atoms with E-state index in [1.165, 1.54) is 15.3 Å². The Balaban J connectivity index is 2.36. The molecule has 0 aliphatic rings. The van der Waals surface area contributed by atoms with Crippen molar-refractivity contribution in [2.24, 2.45) is 5.73 Å². The third kappa shape index (κ3) is 1.73. The lowest BCUT2D eigenvalue weighted by Crippen LogP contribution is -2.12. The summed E-state index contributed by atoms with van der Waals surface area (Å²) in [6.45, 7) is 4.22. The summed E-state index contributed by atoms with van der Waals surface area (Å²) in [5.74, 6) is 0. The molecule has 2 nitrogen and oxygen atoms in total. The summed E-state index contributed by atoms with van der Waals surface area (Å²) < 4.78 is 0. The molecule has 0 saturated carbocycles. The van der Waals surface area contributed by atoms with Crippen molar-refractivity contribution in [2.45, 2.75) is 19.9 Å². The van der Waals surface area contributed by atoms with Gasteiger partial charge in [-0.25, -0.2) is 4.98 Å². The molecule has 74 valence electrons. The fourth-order valence-corrected chi connectivity index (χ4v) is 3.06. The zero-order valence-corrected chi connectivity index (χ0v) is 9.78. The van der Waals surface area contributed by atoms with Crippen molar-refractivity contribution in [3.8, 4) is 0 Å². The van der Waals surface area contributed by atoms with Crippen molar-refractivity contribution in [1.82, 2.24) is 4.98 Å². The first-order chi connectivity index (χ1) is 6.68. The highest BCUT2D eigenvalue weighted by Crippen LogP contribution is 2.28. The van der Waals surface area contributed by atoms with Crippen molar-refractivity contribution in [3.63, 3.8) is 0 Å². The zero-order chi connectivity index (χ0) is 10.1. The van der Waals surface area contributed by atoms with E-state index >= 15 is 0 Å². The molecule has 0 aliphatic heterocycles. The standard InChI is InChI=1S/C10H12N2S2/c1-6-3-8(7(2)14-6)10(11)9-4-13-5-12-9/h3-5,10H,11H2,1-2H3. The average Bonchev–Trinajstić information content (AvgIpc) is 2.73. The second-order valence-electron chi connectivity index (χ2n) is 3.26. The van der Waals surface area contributed by atoms with E-state index in [-0.39, 0.29) is 6.04 Å². The van der Waals surface area contributed by atoms with Crippen LogP contribution in [0.15, 0.2) is 17.0 Å². The first-order valence-corrected chi connectivity index (χ1v) is 6.15. The maximum Gasteiger partial charge on any atom is 0.0795 e. The molecule has 1 unspecified atom stereocenters. The van der Waals surface area contributed by atoms with Gasteiger partial charge < -0.3 is 5.73 Å². The summed E-state index contributed by atoms with van der Waals surface area (Å²) >= 11 is 3.38. The van der Waals surface area contributed by atoms with Crippen LogP contribution < -0.4 is 5.73 Å². The highest BCUT2D eigenvalue weighted by atomic mass is 32.1. The number of nitrogens with zero attached hydrogens (tertiary/aromatic N) is 1. The first-order valence-electron chi connectivity index (χ1n) is 4.39. The molecule has 14 heavy (non-hydrogen) atoms. The Morgan fingerprint density at radius 3 is 2.71 bits per heavy atom. The van der Waals surface area contributed by atoms with Gasteiger partial charge in [0.2, 0.25) is 0 Å². The van der Waals surface area contributed by atoms with Gasteiger partial charge in [-0.2, -0.15) is 0 Å². The van der Waals surface area contributed by atoms with Crippen LogP contribution >= 0.6 is 22.7 Å². The first kappa shape index (κ1) is 9.83. The monoisotopic (exact) mass is 224 g/mol. The lowest BCUT2D eigenvalue weighted by atomic mass is 10.1. The second kappa shape index (κ2) is 3.81. The molecule has 2 N–H and O–H groups in total. The van der Waals surface area contributed by atoms with Crippen molar-refractivity contribution in [3.05, 3.63) is 38.0 Å². The zero-order valence-electron chi connectivity index (χ0n) is 8.15. The van der Waals surface area contributed by atoms with E-state index in [0.29, 0.717) is 0 Å². The number of nitrogens with two attached hydrogens (primary N) is 1. The molecule has 2 aromatic heterocycles. The third-order valence-corrected chi connectivity index (χ3v) is 3.77. The van der Waals surface area contributed by atoms with Crippen molar-refractivity contribution >= 4 is 22.7 Å². The molecule has 0 radical (unpaired) electrons. The minimum atomic E-state index is -0.0637. The van der Waals surface area contributed by atoms with E-state index < -0.39 is 0 Å². The summed E-state index contributed by atoms with van der Waals surface area (Å²) in [6.07, 6.45) is 0. The molecule has 0 bridgehead atoms. The summed E-state index contributed by atoms with van der Waals surface area (Å²) in [7, 11) is 0. The molecule has 0 aliphatic carbocycles. The quantitative estimate of drug-likeness (QED) is 0.852. The van der Waals surface area contributed by atoms with E-state index in [0.717, 1.165) is 5.69 Å². The van der Waals surface area contributed by atoms with Gasteiger partial charge in [-0.05, 0) is 25.5 Å². The van der Waals surface area contributed by atoms with E-state index in [2.05, 4.69) is 24.9 Å². The fraction of sp³-hybridized carbons (Fsp3) is 0.300. The Labute approximate surface area is 91.4 Å². The highest BCUT2D eigenvalue weighted by molar-refractivity contribution is 7.12. The summed E-state index contributed by atoms with van der Waals surface area (Å²) in [4.78, 5) is 6.84. The van der Waals surface area contributed by atoms with Gasteiger partial charge in [0.05, 0.1) is 17.2 Å². The van der Waals surface area contributed by atoms with Gasteiger partial charge in [-0.3, -0.25) is 0 Å². The predicted molar refractivity (Wildman–Crippen MR) is 61.9 cm³/mol. The van der Waals surface area contributed by atoms with Gasteiger partial charge in [-0.15, -0.1) is 22.7 Å². The summed E-state index contributed by atoms with van der Waals surface area (Å²) in [6, 6.07) is 2.09. The number of hydrogen-bond acceptors (Lipinski definition) is 4. The average molecular weight is 224 g/mol. The fourth-order valence-electron chi connectivity index (χ4n) is 1.49. The minimum Gasteiger partial charge on any atom is -0.319 e. The minimum absolute atomic E-state index is 0.0637. The van der Waals surface area contributed by atoms with Crippen LogP contribution in [0, 0.1) is 13.8 Å². The van der Waals surface area contributed by atoms with Gasteiger partial charge >= 0.3 is 0 Å². The Kier molecular flexibility index (Phi) is 2.67. The SMILES string of the molecule is Cc1cc(C(N)c2cscn2)c(C)s1. The predicted octanol–water partition coefficient (Wildman–Crippen LogP) is 2.87. The van der Waals surface area contributed by atoms with Crippen LogP contribution in [0.4, 0.5) is 0 Å². The van der Waals surface area contributed by atoms with E-state index in [1.807, 2.05) is 10.9 Å². The maximum atomic E-state index is 6.13. The highest BCUT2D eigenvalue weighted by Gasteiger charge is 2.14. The number of rotatable bonds is 2. The molecule has 4 heteroatoms. The normalized spacial score (nSPS) is 13.1. The van der Waals surface area contributed by atoms with Crippen molar-refractivity contribution < 1.29 is 0 Å². The van der Waals surface area contributed by atoms with Crippen LogP contribution in [-0.2, 0) is 0 Å². The molecular formula is C10H12N2S2. The third-order valence-electron chi connectivity index (χ3n) is 2.18. The molecule has 0 fully saturated rings. The lowest BCUT2D eigenvalue weighted by Gasteiger charge is -2.07. The smallest absolute Gasteiger partial charge is 0.0795 e. The Bertz CT molecular complexity index is 417. The molecule has 0 spiro atoms. The molecule has 2 heterocycles. The van der Waals surface area contributed by atoms with Crippen LogP contribution in [0.2, 0.25) is 0 Å². The van der Waals surface area contributed by atoms with Crippen LogP contribution in [-0.4, -0.2) is 4.98 Å². The topological polar surface area (TPSA) is 38.9 Å². The second-order valence-corrected chi connectivity index (χ2v) is 5.44. The summed E-state index contributed by atoms with van der Waals surface area (Å²) in [5, 5.41) is 2.01. The molecule has 2 rings (SSSR count). The maximum absolute atomic E-state index is 6.13. The molecule has 0 amide bonds. The van der Waals surface area contributed by atoms with Gasteiger partial charge in [0, 0.05) is 15.1 Å². The Hall–Kier alpha value is -0.710. The molecular weight excluding hydrogens is 212 g/mol. The Morgan fingerprint density at radius 2 is 2.21 bits per heavy atom. The van der Waals surface area contributed by atoms with Crippen LogP contribution in [0.5, 0.6) is 0 Å². The van der Waals surface area contributed by atoms with E-state index in [9.17, 15) is 0 Å². The van der Waals surface area contributed by atoms with Crippen molar-refractivity contribution in [2.75, 3.05) is 0 Å². The van der Waals surface area contributed by atoms with Crippen molar-refractivity contribution in [1.29, 1.82) is 0 Å². The Morgan fingerprint density at radius 1 is 1.43 bits per heavy atom. The molecule has 0 aromatic carbocycles. The van der Waals surface area contributed by atoms with Crippen LogP contribution in [0.1, 0.15) is 27.1 Å². The number of aromatic nitrogens is 1. The number of thiophene rings is 1. The largest absolute Gasteiger partial charge is 0.319 e. The number of hydrogen-bond donors (Lipinski definition) is 1. The number of aryl methyl sites for hydroxylation is 2. The van der Waals surface area contributed by atoms with Crippen LogP contribution in [0.3, 0.4) is 0 Å². The van der Waals surface area contributed by atoms with Crippen LogP contribution in [0.25, 0.3) is 0 Å². The van der Waals surface area contributed by atoms with Gasteiger partial charge in [0.15, 0.2) is 0 Å².